The second-order valence-corrected chi connectivity index (χ2v) is 5.60. The van der Waals surface area contributed by atoms with Gasteiger partial charge in [-0.3, -0.25) is 25.0 Å². The maximum Gasteiger partial charge on any atom is 0.314 e. The van der Waals surface area contributed by atoms with Crippen molar-refractivity contribution < 1.29 is 23.6 Å². The van der Waals surface area contributed by atoms with Crippen LogP contribution in [-0.2, 0) is 9.54 Å². The van der Waals surface area contributed by atoms with E-state index in [1.165, 1.54) is 0 Å². The lowest BCUT2D eigenvalue weighted by Gasteiger charge is -2.30. The molecular weight excluding hydrogens is 291 g/mol. The van der Waals surface area contributed by atoms with E-state index in [4.69, 9.17) is 4.74 Å². The number of carbonyl (C=O) groups is 2. The van der Waals surface area contributed by atoms with Gasteiger partial charge in [-0.25, -0.2) is 4.39 Å². The SMILES string of the molecule is O=C1NC(=O)C2(CCOc3c([N+](=O)[O-])cc(F)cc32)S1. The average molecular weight is 298 g/mol. The molecule has 3 rings (SSSR count). The molecule has 0 radical (unpaired) electrons. The molecule has 2 aliphatic heterocycles. The number of imide groups is 1. The molecule has 20 heavy (non-hydrogen) atoms. The Hall–Kier alpha value is -2.16. The summed E-state index contributed by atoms with van der Waals surface area (Å²) in [7, 11) is 0. The number of ether oxygens (including phenoxy) is 1. The molecule has 1 aromatic rings. The van der Waals surface area contributed by atoms with Gasteiger partial charge in [0.2, 0.25) is 11.7 Å². The molecule has 1 fully saturated rings. The third-order valence-electron chi connectivity index (χ3n) is 3.22. The summed E-state index contributed by atoms with van der Waals surface area (Å²) in [5, 5.41) is 12.5. The second kappa shape index (κ2) is 4.17. The van der Waals surface area contributed by atoms with Gasteiger partial charge in [0.05, 0.1) is 17.6 Å². The summed E-state index contributed by atoms with van der Waals surface area (Å²) in [6.07, 6.45) is 0.142. The van der Waals surface area contributed by atoms with Gasteiger partial charge in [-0.2, -0.15) is 0 Å². The van der Waals surface area contributed by atoms with Crippen molar-refractivity contribution >= 4 is 28.6 Å². The van der Waals surface area contributed by atoms with E-state index >= 15 is 0 Å². The van der Waals surface area contributed by atoms with E-state index in [9.17, 15) is 24.1 Å². The molecular formula is C11H7FN2O5S. The number of nitrogens with zero attached hydrogens (tertiary/aromatic N) is 1. The lowest BCUT2D eigenvalue weighted by Crippen LogP contribution is -2.38. The van der Waals surface area contributed by atoms with Crippen molar-refractivity contribution in [1.82, 2.24) is 5.32 Å². The monoisotopic (exact) mass is 298 g/mol. The van der Waals surface area contributed by atoms with Gasteiger partial charge < -0.3 is 4.74 Å². The van der Waals surface area contributed by atoms with Crippen LogP contribution in [0.15, 0.2) is 12.1 Å². The lowest BCUT2D eigenvalue weighted by atomic mass is 9.90. The van der Waals surface area contributed by atoms with Crippen molar-refractivity contribution in [1.29, 1.82) is 0 Å². The number of hydrogen-bond donors (Lipinski definition) is 1. The van der Waals surface area contributed by atoms with E-state index < -0.39 is 32.3 Å². The molecule has 1 unspecified atom stereocenters. The maximum absolute atomic E-state index is 13.6. The first-order valence-corrected chi connectivity index (χ1v) is 6.41. The summed E-state index contributed by atoms with van der Waals surface area (Å²) in [5.74, 6) is -1.61. The van der Waals surface area contributed by atoms with Crippen LogP contribution in [0, 0.1) is 15.9 Å². The van der Waals surface area contributed by atoms with Crippen LogP contribution < -0.4 is 10.1 Å². The zero-order chi connectivity index (χ0) is 14.5. The van der Waals surface area contributed by atoms with Gasteiger partial charge in [-0.15, -0.1) is 0 Å². The highest BCUT2D eigenvalue weighted by Gasteiger charge is 2.53. The minimum absolute atomic E-state index is 0.0313. The van der Waals surface area contributed by atoms with Gasteiger partial charge in [0.15, 0.2) is 0 Å². The highest BCUT2D eigenvalue weighted by molar-refractivity contribution is 8.15. The Morgan fingerprint density at radius 2 is 2.20 bits per heavy atom. The number of nitrogens with one attached hydrogen (secondary N) is 1. The molecule has 1 N–H and O–H groups in total. The summed E-state index contributed by atoms with van der Waals surface area (Å²) in [5.41, 5.74) is -0.518. The van der Waals surface area contributed by atoms with Crippen LogP contribution in [0.4, 0.5) is 14.9 Å². The molecule has 104 valence electrons. The van der Waals surface area contributed by atoms with Crippen molar-refractivity contribution in [2.24, 2.45) is 0 Å². The molecule has 2 amide bonds. The summed E-state index contributed by atoms with van der Waals surface area (Å²) < 4.78 is 17.5. The first-order chi connectivity index (χ1) is 9.44. The summed E-state index contributed by atoms with van der Waals surface area (Å²) in [4.78, 5) is 33.6. The molecule has 0 aliphatic carbocycles. The Bertz CT molecular complexity index is 664. The molecule has 0 saturated carbocycles. The Kier molecular flexibility index (Phi) is 2.68. The molecule has 1 saturated heterocycles. The number of nitro benzene ring substituents is 1. The van der Waals surface area contributed by atoms with E-state index in [0.29, 0.717) is 11.8 Å². The quantitative estimate of drug-likeness (QED) is 0.626. The Labute approximate surface area is 115 Å². The number of benzene rings is 1. The summed E-state index contributed by atoms with van der Waals surface area (Å²) in [6.45, 7) is 0.0349. The van der Waals surface area contributed by atoms with Crippen LogP contribution in [0.2, 0.25) is 0 Å². The number of nitro groups is 1. The second-order valence-electron chi connectivity index (χ2n) is 4.33. The first-order valence-electron chi connectivity index (χ1n) is 5.60. The molecule has 0 aromatic heterocycles. The average Bonchev–Trinajstić information content (AvgIpc) is 2.65. The largest absolute Gasteiger partial charge is 0.486 e. The number of fused-ring (bicyclic) bond motifs is 2. The standard InChI is InChI=1S/C11H7FN2O5S/c12-5-3-6-8(7(4-5)14(17)18)19-2-1-11(6)9(15)13-10(16)20-11/h3-4H,1-2H2,(H,13,15,16). The van der Waals surface area contributed by atoms with Gasteiger partial charge in [0.25, 0.3) is 5.24 Å². The molecule has 0 bridgehead atoms. The van der Waals surface area contributed by atoms with Crippen LogP contribution in [-0.4, -0.2) is 22.7 Å². The summed E-state index contributed by atoms with van der Waals surface area (Å²) in [6, 6.07) is 1.74. The van der Waals surface area contributed by atoms with Gasteiger partial charge >= 0.3 is 5.69 Å². The highest BCUT2D eigenvalue weighted by atomic mass is 32.2. The summed E-state index contributed by atoms with van der Waals surface area (Å²) >= 11 is 0.700. The number of carbonyl (C=O) groups excluding carboxylic acids is 2. The van der Waals surface area contributed by atoms with E-state index in [1.807, 2.05) is 0 Å². The Morgan fingerprint density at radius 3 is 2.80 bits per heavy atom. The highest BCUT2D eigenvalue weighted by Crippen LogP contribution is 2.52. The minimum atomic E-state index is -1.35. The fourth-order valence-electron chi connectivity index (χ4n) is 2.36. The minimum Gasteiger partial charge on any atom is -0.486 e. The van der Waals surface area contributed by atoms with Gasteiger partial charge in [0.1, 0.15) is 10.6 Å². The van der Waals surface area contributed by atoms with Gasteiger partial charge in [0, 0.05) is 12.0 Å². The van der Waals surface area contributed by atoms with Crippen molar-refractivity contribution in [2.45, 2.75) is 11.2 Å². The Balaban J connectivity index is 2.26. The molecule has 1 aromatic carbocycles. The van der Waals surface area contributed by atoms with Crippen LogP contribution >= 0.6 is 11.8 Å². The van der Waals surface area contributed by atoms with Crippen molar-refractivity contribution in [3.63, 3.8) is 0 Å². The third kappa shape index (κ3) is 1.66. The number of halogens is 1. The Morgan fingerprint density at radius 1 is 1.45 bits per heavy atom. The molecule has 2 heterocycles. The van der Waals surface area contributed by atoms with E-state index in [2.05, 4.69) is 5.32 Å². The third-order valence-corrected chi connectivity index (χ3v) is 4.46. The first kappa shape index (κ1) is 12.9. The normalized spacial score (nSPS) is 24.2. The fourth-order valence-corrected chi connectivity index (χ4v) is 3.41. The van der Waals surface area contributed by atoms with Crippen LogP contribution in [0.1, 0.15) is 12.0 Å². The molecule has 1 spiro atoms. The van der Waals surface area contributed by atoms with Gasteiger partial charge in [-0.05, 0) is 17.8 Å². The smallest absolute Gasteiger partial charge is 0.314 e. The van der Waals surface area contributed by atoms with Crippen molar-refractivity contribution in [3.05, 3.63) is 33.6 Å². The molecule has 7 nitrogen and oxygen atoms in total. The number of hydrogen-bond acceptors (Lipinski definition) is 6. The number of amides is 2. The van der Waals surface area contributed by atoms with Crippen molar-refractivity contribution in [2.75, 3.05) is 6.61 Å². The zero-order valence-electron chi connectivity index (χ0n) is 9.84. The number of rotatable bonds is 1. The maximum atomic E-state index is 13.6. The molecule has 2 aliphatic rings. The number of thioether (sulfide) groups is 1. The zero-order valence-corrected chi connectivity index (χ0v) is 10.7. The molecule has 9 heteroatoms. The topological polar surface area (TPSA) is 98.5 Å². The van der Waals surface area contributed by atoms with Crippen molar-refractivity contribution in [3.8, 4) is 5.75 Å². The fraction of sp³-hybridized carbons (Fsp3) is 0.273. The predicted molar refractivity (Wildman–Crippen MR) is 66.0 cm³/mol. The lowest BCUT2D eigenvalue weighted by molar-refractivity contribution is -0.386. The predicted octanol–water partition coefficient (Wildman–Crippen LogP) is 1.69. The van der Waals surface area contributed by atoms with E-state index in [0.717, 1.165) is 12.1 Å². The van der Waals surface area contributed by atoms with E-state index in [1.54, 1.807) is 0 Å². The van der Waals surface area contributed by atoms with Gasteiger partial charge in [-0.1, -0.05) is 0 Å². The van der Waals surface area contributed by atoms with Crippen LogP contribution in [0.5, 0.6) is 5.75 Å². The van der Waals surface area contributed by atoms with E-state index in [-0.39, 0.29) is 24.3 Å². The van der Waals surface area contributed by atoms with Crippen LogP contribution in [0.3, 0.4) is 0 Å². The molecule has 1 atom stereocenters. The van der Waals surface area contributed by atoms with Crippen LogP contribution in [0.25, 0.3) is 0 Å².